The number of nitrogens with one attached hydrogen (secondary N) is 1. The van der Waals surface area contributed by atoms with Crippen LogP contribution in [0.1, 0.15) is 58.3 Å². The monoisotopic (exact) mass is 335 g/mol. The van der Waals surface area contributed by atoms with E-state index >= 15 is 0 Å². The SMILES string of the molecule is CCNC(=O)[C@@H](C)Sc1nnc(C23CC4CC(CC(C4)C2)C3)o1. The lowest BCUT2D eigenvalue weighted by Gasteiger charge is -2.55. The van der Waals surface area contributed by atoms with Crippen LogP contribution in [0.2, 0.25) is 0 Å². The van der Waals surface area contributed by atoms with Crippen LogP contribution in [-0.2, 0) is 10.2 Å². The van der Waals surface area contributed by atoms with Gasteiger partial charge in [-0.3, -0.25) is 4.79 Å². The molecule has 1 amide bonds. The van der Waals surface area contributed by atoms with Crippen LogP contribution >= 0.6 is 11.8 Å². The van der Waals surface area contributed by atoms with Crippen molar-refractivity contribution in [1.29, 1.82) is 0 Å². The lowest BCUT2D eigenvalue weighted by molar-refractivity contribution is -0.120. The van der Waals surface area contributed by atoms with Crippen LogP contribution in [0, 0.1) is 17.8 Å². The molecule has 1 N–H and O–H groups in total. The smallest absolute Gasteiger partial charge is 0.277 e. The number of aromatic nitrogens is 2. The molecular weight excluding hydrogens is 310 g/mol. The van der Waals surface area contributed by atoms with Gasteiger partial charge in [0, 0.05) is 12.0 Å². The third-order valence-electron chi connectivity index (χ3n) is 5.90. The van der Waals surface area contributed by atoms with Crippen LogP contribution in [0.15, 0.2) is 9.64 Å². The number of carbonyl (C=O) groups is 1. The van der Waals surface area contributed by atoms with Gasteiger partial charge in [-0.1, -0.05) is 11.8 Å². The fourth-order valence-electron chi connectivity index (χ4n) is 5.37. The largest absolute Gasteiger partial charge is 0.415 e. The maximum absolute atomic E-state index is 11.9. The van der Waals surface area contributed by atoms with E-state index in [2.05, 4.69) is 15.5 Å². The first-order chi connectivity index (χ1) is 11.1. The van der Waals surface area contributed by atoms with Gasteiger partial charge in [0.25, 0.3) is 5.22 Å². The van der Waals surface area contributed by atoms with Crippen molar-refractivity contribution in [1.82, 2.24) is 15.5 Å². The first-order valence-electron chi connectivity index (χ1n) is 8.86. The van der Waals surface area contributed by atoms with Crippen molar-refractivity contribution in [2.75, 3.05) is 6.54 Å². The summed E-state index contributed by atoms with van der Waals surface area (Å²) in [6.07, 6.45) is 7.88. The average Bonchev–Trinajstić information content (AvgIpc) is 2.95. The Morgan fingerprint density at radius 2 is 1.87 bits per heavy atom. The van der Waals surface area contributed by atoms with Crippen LogP contribution < -0.4 is 5.32 Å². The number of rotatable bonds is 5. The van der Waals surface area contributed by atoms with E-state index in [1.54, 1.807) is 0 Å². The maximum atomic E-state index is 11.9. The van der Waals surface area contributed by atoms with Gasteiger partial charge in [0.2, 0.25) is 11.8 Å². The Hall–Kier alpha value is -1.04. The fourth-order valence-corrected chi connectivity index (χ4v) is 6.07. The highest BCUT2D eigenvalue weighted by Gasteiger charge is 2.54. The quantitative estimate of drug-likeness (QED) is 0.837. The van der Waals surface area contributed by atoms with Crippen LogP contribution in [0.3, 0.4) is 0 Å². The summed E-state index contributed by atoms with van der Waals surface area (Å²) >= 11 is 1.36. The Morgan fingerprint density at radius 3 is 2.43 bits per heavy atom. The van der Waals surface area contributed by atoms with Crippen molar-refractivity contribution in [2.24, 2.45) is 17.8 Å². The highest BCUT2D eigenvalue weighted by molar-refractivity contribution is 8.00. The molecule has 126 valence electrons. The number of hydrogen-bond donors (Lipinski definition) is 1. The molecule has 23 heavy (non-hydrogen) atoms. The minimum Gasteiger partial charge on any atom is -0.415 e. The van der Waals surface area contributed by atoms with Gasteiger partial charge in [0.1, 0.15) is 0 Å². The van der Waals surface area contributed by atoms with E-state index in [0.29, 0.717) is 11.8 Å². The fraction of sp³-hybridized carbons (Fsp3) is 0.824. The van der Waals surface area contributed by atoms with Crippen LogP contribution in [0.4, 0.5) is 0 Å². The summed E-state index contributed by atoms with van der Waals surface area (Å²) in [4.78, 5) is 11.9. The van der Waals surface area contributed by atoms with E-state index in [9.17, 15) is 4.79 Å². The van der Waals surface area contributed by atoms with E-state index in [1.807, 2.05) is 13.8 Å². The summed E-state index contributed by atoms with van der Waals surface area (Å²) in [7, 11) is 0. The van der Waals surface area contributed by atoms with E-state index in [4.69, 9.17) is 4.42 Å². The number of carbonyl (C=O) groups excluding carboxylic acids is 1. The van der Waals surface area contributed by atoms with Gasteiger partial charge in [0.15, 0.2) is 0 Å². The van der Waals surface area contributed by atoms with E-state index < -0.39 is 0 Å². The van der Waals surface area contributed by atoms with Crippen molar-refractivity contribution < 1.29 is 9.21 Å². The second-order valence-corrected chi connectivity index (χ2v) is 9.02. The van der Waals surface area contributed by atoms with Gasteiger partial charge in [-0.05, 0) is 70.1 Å². The van der Waals surface area contributed by atoms with Crippen molar-refractivity contribution in [3.8, 4) is 0 Å². The molecule has 0 spiro atoms. The van der Waals surface area contributed by atoms with Crippen LogP contribution in [0.25, 0.3) is 0 Å². The molecule has 1 aromatic heterocycles. The molecule has 1 atom stereocenters. The molecule has 1 aromatic rings. The van der Waals surface area contributed by atoms with E-state index in [-0.39, 0.29) is 16.6 Å². The average molecular weight is 335 g/mol. The Kier molecular flexibility index (Phi) is 3.90. The van der Waals surface area contributed by atoms with Gasteiger partial charge >= 0.3 is 0 Å². The predicted molar refractivity (Wildman–Crippen MR) is 88.2 cm³/mol. The number of thioether (sulfide) groups is 1. The molecule has 4 saturated carbocycles. The standard InChI is InChI=1S/C17H25N3O2S/c1-3-18-14(21)10(2)23-16-20-19-15(22-16)17-7-11-4-12(8-17)6-13(5-11)9-17/h10-13H,3-9H2,1-2H3,(H,18,21)/t10-,11?,12?,13?,17?/m1/s1. The molecule has 4 aliphatic carbocycles. The second-order valence-electron chi connectivity index (χ2n) is 7.73. The van der Waals surface area contributed by atoms with Crippen LogP contribution in [0.5, 0.6) is 0 Å². The zero-order valence-corrected chi connectivity index (χ0v) is 14.7. The van der Waals surface area contributed by atoms with Gasteiger partial charge in [-0.2, -0.15) is 0 Å². The Balaban J connectivity index is 1.49. The van der Waals surface area contributed by atoms with Crippen LogP contribution in [-0.4, -0.2) is 27.9 Å². The number of nitrogens with zero attached hydrogens (tertiary/aromatic N) is 2. The molecule has 4 aliphatic rings. The molecule has 0 aromatic carbocycles. The molecule has 0 unspecified atom stereocenters. The first kappa shape index (κ1) is 15.5. The number of hydrogen-bond acceptors (Lipinski definition) is 5. The molecule has 5 rings (SSSR count). The molecule has 5 nitrogen and oxygen atoms in total. The van der Waals surface area contributed by atoms with Crippen molar-refractivity contribution in [3.63, 3.8) is 0 Å². The zero-order chi connectivity index (χ0) is 16.0. The molecule has 4 fully saturated rings. The summed E-state index contributed by atoms with van der Waals surface area (Å²) < 4.78 is 6.03. The lowest BCUT2D eigenvalue weighted by Crippen LogP contribution is -2.48. The van der Waals surface area contributed by atoms with Gasteiger partial charge in [0.05, 0.1) is 5.25 Å². The first-order valence-corrected chi connectivity index (χ1v) is 9.74. The predicted octanol–water partition coefficient (Wildman–Crippen LogP) is 3.15. The van der Waals surface area contributed by atoms with Crippen molar-refractivity contribution in [3.05, 3.63) is 5.89 Å². The zero-order valence-electron chi connectivity index (χ0n) is 13.9. The normalized spacial score (nSPS) is 36.2. The minimum absolute atomic E-state index is 0.0204. The second kappa shape index (κ2) is 5.80. The molecule has 0 saturated heterocycles. The third-order valence-corrected chi connectivity index (χ3v) is 6.83. The maximum Gasteiger partial charge on any atom is 0.277 e. The van der Waals surface area contributed by atoms with Crippen molar-refractivity contribution >= 4 is 17.7 Å². The van der Waals surface area contributed by atoms with E-state index in [0.717, 1.165) is 23.6 Å². The molecule has 6 heteroatoms. The minimum atomic E-state index is -0.209. The topological polar surface area (TPSA) is 68.0 Å². The molecule has 0 aliphatic heterocycles. The van der Waals surface area contributed by atoms with Gasteiger partial charge < -0.3 is 9.73 Å². The summed E-state index contributed by atoms with van der Waals surface area (Å²) in [6, 6.07) is 0. The third kappa shape index (κ3) is 2.79. The summed E-state index contributed by atoms with van der Waals surface area (Å²) in [5.74, 6) is 3.43. The molecular formula is C17H25N3O2S. The summed E-state index contributed by atoms with van der Waals surface area (Å²) in [6.45, 7) is 4.45. The Morgan fingerprint density at radius 1 is 1.26 bits per heavy atom. The van der Waals surface area contributed by atoms with Crippen molar-refractivity contribution in [2.45, 2.75) is 68.3 Å². The van der Waals surface area contributed by atoms with E-state index in [1.165, 1.54) is 50.3 Å². The number of amides is 1. The van der Waals surface area contributed by atoms with Gasteiger partial charge in [-0.25, -0.2) is 0 Å². The lowest BCUT2D eigenvalue weighted by atomic mass is 9.49. The highest BCUT2D eigenvalue weighted by atomic mass is 32.2. The van der Waals surface area contributed by atoms with Gasteiger partial charge in [-0.15, -0.1) is 10.2 Å². The Labute approximate surface area is 141 Å². The Bertz CT molecular complexity index is 565. The molecule has 1 heterocycles. The highest BCUT2D eigenvalue weighted by Crippen LogP contribution is 2.60. The summed E-state index contributed by atoms with van der Waals surface area (Å²) in [5.41, 5.74) is 0.134. The molecule has 0 radical (unpaired) electrons. The summed E-state index contributed by atoms with van der Waals surface area (Å²) in [5, 5.41) is 11.8. The molecule has 4 bridgehead atoms.